The van der Waals surface area contributed by atoms with Gasteiger partial charge in [0.15, 0.2) is 0 Å². The molecule has 0 aromatic heterocycles. The van der Waals surface area contributed by atoms with E-state index in [1.807, 2.05) is 18.2 Å². The fraction of sp³-hybridized carbons (Fsp3) is 0. The van der Waals surface area contributed by atoms with E-state index in [1.54, 1.807) is 0 Å². The zero-order valence-electron chi connectivity index (χ0n) is 14.0. The molecule has 0 bridgehead atoms. The van der Waals surface area contributed by atoms with Gasteiger partial charge >= 0.3 is 158 Å². The summed E-state index contributed by atoms with van der Waals surface area (Å²) in [6.45, 7) is 0. The second kappa shape index (κ2) is 17.3. The molecule has 7 heteroatoms. The summed E-state index contributed by atoms with van der Waals surface area (Å²) in [6.07, 6.45) is 0. The second-order valence-electron chi connectivity index (χ2n) is 4.68. The molecule has 0 fully saturated rings. The van der Waals surface area contributed by atoms with Gasteiger partial charge in [-0.25, -0.2) is 0 Å². The van der Waals surface area contributed by atoms with E-state index in [1.165, 1.54) is 67.4 Å². The Hall–Kier alpha value is -0.160. The summed E-state index contributed by atoms with van der Waals surface area (Å²) in [7, 11) is -3.37. The second-order valence-corrected chi connectivity index (χ2v) is 10.3. The normalized spacial score (nSPS) is 8.88. The molecule has 116 valence electrons. The molecular formula is C18H15O3PZn3. The first kappa shape index (κ1) is 24.8. The van der Waals surface area contributed by atoms with Crippen molar-refractivity contribution in [2.75, 3.05) is 0 Å². The zero-order valence-corrected chi connectivity index (χ0v) is 23.7. The van der Waals surface area contributed by atoms with E-state index < -0.39 is 8.60 Å². The quantitative estimate of drug-likeness (QED) is 0.315. The molecule has 0 unspecified atom stereocenters. The van der Waals surface area contributed by atoms with Crippen LogP contribution in [0.15, 0.2) is 91.0 Å². The Morgan fingerprint density at radius 1 is 0.440 bits per heavy atom. The summed E-state index contributed by atoms with van der Waals surface area (Å²) in [6, 6.07) is 31.4. The van der Waals surface area contributed by atoms with Gasteiger partial charge in [0, 0.05) is 0 Å². The van der Waals surface area contributed by atoms with Crippen LogP contribution in [0.5, 0.6) is 0 Å². The molecule has 0 aliphatic carbocycles. The predicted octanol–water partition coefficient (Wildman–Crippen LogP) is -0.130. The van der Waals surface area contributed by atoms with E-state index in [9.17, 15) is 0 Å². The van der Waals surface area contributed by atoms with Crippen molar-refractivity contribution in [1.29, 1.82) is 0 Å². The minimum absolute atomic E-state index is 1.26. The Balaban J connectivity index is 0.000000314. The van der Waals surface area contributed by atoms with Gasteiger partial charge in [0.25, 0.3) is 0 Å². The number of rotatable bonds is 0. The van der Waals surface area contributed by atoms with Gasteiger partial charge in [-0.05, 0) is 0 Å². The van der Waals surface area contributed by atoms with E-state index in [0.717, 1.165) is 0 Å². The van der Waals surface area contributed by atoms with Crippen LogP contribution in [0, 0.1) is 0 Å². The van der Waals surface area contributed by atoms with Crippen LogP contribution in [0.2, 0.25) is 0 Å². The van der Waals surface area contributed by atoms with Gasteiger partial charge in [-0.2, -0.15) is 0 Å². The first-order valence-electron chi connectivity index (χ1n) is 7.34. The van der Waals surface area contributed by atoms with Crippen molar-refractivity contribution >= 4 is 21.1 Å². The monoisotopic (exact) mass is 502 g/mol. The van der Waals surface area contributed by atoms with Crippen molar-refractivity contribution in [3.63, 3.8) is 0 Å². The summed E-state index contributed by atoms with van der Waals surface area (Å²) in [5, 5.41) is 0. The maximum atomic E-state index is 8.48. The van der Waals surface area contributed by atoms with Gasteiger partial charge in [0.05, 0.1) is 0 Å². The molecule has 3 nitrogen and oxygen atoms in total. The van der Waals surface area contributed by atoms with Gasteiger partial charge in [-0.1, -0.05) is 0 Å². The fourth-order valence-electron chi connectivity index (χ4n) is 1.43. The van der Waals surface area contributed by atoms with E-state index in [0.29, 0.717) is 0 Å². The van der Waals surface area contributed by atoms with Crippen molar-refractivity contribution in [1.82, 2.24) is 0 Å². The van der Waals surface area contributed by atoms with Crippen LogP contribution in [0.25, 0.3) is 0 Å². The van der Waals surface area contributed by atoms with Gasteiger partial charge in [-0.15, -0.1) is 0 Å². The van der Waals surface area contributed by atoms with Crippen molar-refractivity contribution < 1.29 is 69.6 Å². The third-order valence-electron chi connectivity index (χ3n) is 2.53. The van der Waals surface area contributed by atoms with Crippen LogP contribution in [0.1, 0.15) is 0 Å². The van der Waals surface area contributed by atoms with Crippen LogP contribution in [0.4, 0.5) is 0 Å². The number of hydrogen-bond donors (Lipinski definition) is 0. The molecule has 0 saturated carbocycles. The van der Waals surface area contributed by atoms with Gasteiger partial charge in [0.2, 0.25) is 0 Å². The fourth-order valence-corrected chi connectivity index (χ4v) is 3.15. The molecule has 3 aromatic carbocycles. The summed E-state index contributed by atoms with van der Waals surface area (Å²) < 4.78 is 4.34. The Bertz CT molecular complexity index is 550. The summed E-state index contributed by atoms with van der Waals surface area (Å²) in [4.78, 5) is 25.4. The van der Waals surface area contributed by atoms with Crippen molar-refractivity contribution in [2.24, 2.45) is 0 Å². The molecule has 0 radical (unpaired) electrons. The summed E-state index contributed by atoms with van der Waals surface area (Å²) in [5.41, 5.74) is 0. The third kappa shape index (κ3) is 20.0. The van der Waals surface area contributed by atoms with Crippen LogP contribution >= 0.6 is 8.60 Å². The molecule has 0 aliphatic heterocycles. The van der Waals surface area contributed by atoms with Gasteiger partial charge in [0.1, 0.15) is 0 Å². The Morgan fingerprint density at radius 3 is 0.680 bits per heavy atom. The van der Waals surface area contributed by atoms with E-state index >= 15 is 0 Å². The number of benzene rings is 3. The van der Waals surface area contributed by atoms with Crippen molar-refractivity contribution in [3.05, 3.63) is 91.0 Å². The van der Waals surface area contributed by atoms with Crippen LogP contribution in [0.3, 0.4) is 0 Å². The molecule has 0 atom stereocenters. The first-order valence-corrected chi connectivity index (χ1v) is 12.9. The minimum atomic E-state index is -3.37. The first-order chi connectivity index (χ1) is 11.9. The zero-order chi connectivity index (χ0) is 18.9. The predicted molar refractivity (Wildman–Crippen MR) is 85.1 cm³/mol. The van der Waals surface area contributed by atoms with Crippen molar-refractivity contribution in [2.45, 2.75) is 0 Å². The third-order valence-corrected chi connectivity index (χ3v) is 5.50. The molecule has 0 spiro atoms. The SMILES string of the molecule is [O-]P([O-])[O-].[Zn+][c]1ccccc1.[Zn+][c]1ccccc1.[Zn+][c]1ccccc1. The molecular weight excluding hydrogens is 491 g/mol. The Kier molecular flexibility index (Phi) is 17.2. The van der Waals surface area contributed by atoms with E-state index in [4.69, 9.17) is 14.7 Å². The van der Waals surface area contributed by atoms with E-state index in [2.05, 4.69) is 72.8 Å². The van der Waals surface area contributed by atoms with Gasteiger partial charge in [-0.3, -0.25) is 0 Å². The molecule has 0 amide bonds. The number of hydrogen-bond acceptors (Lipinski definition) is 3. The Morgan fingerprint density at radius 2 is 0.600 bits per heavy atom. The average Bonchev–Trinajstić information content (AvgIpc) is 2.58. The molecule has 3 rings (SSSR count). The molecule has 0 heterocycles. The Labute approximate surface area is 180 Å². The standard InChI is InChI=1S/3C6H5.O3P.3Zn/c3*1-2-4-6-5-3-1;1-4(2)3;;;/h3*1-5H;;;;/q;;;-3;3*+1. The average molecular weight is 506 g/mol. The summed E-state index contributed by atoms with van der Waals surface area (Å²) >= 11 is 3.79. The molecule has 0 N–H and O–H groups in total. The van der Waals surface area contributed by atoms with Crippen molar-refractivity contribution in [3.8, 4) is 0 Å². The van der Waals surface area contributed by atoms with E-state index in [-0.39, 0.29) is 0 Å². The summed E-state index contributed by atoms with van der Waals surface area (Å²) in [5.74, 6) is 0. The van der Waals surface area contributed by atoms with Crippen LogP contribution in [-0.2, 0) is 54.9 Å². The van der Waals surface area contributed by atoms with Gasteiger partial charge < -0.3 is 23.3 Å². The molecule has 25 heavy (non-hydrogen) atoms. The molecule has 0 aliphatic rings. The maximum absolute atomic E-state index is 8.48. The molecule has 0 saturated heterocycles. The topological polar surface area (TPSA) is 69.2 Å². The van der Waals surface area contributed by atoms with Crippen LogP contribution < -0.4 is 27.2 Å². The molecule has 3 aromatic rings. The van der Waals surface area contributed by atoms with Crippen LogP contribution in [-0.4, -0.2) is 0 Å².